The Morgan fingerprint density at radius 1 is 1.45 bits per heavy atom. The highest BCUT2D eigenvalue weighted by Crippen LogP contribution is 2.17. The Morgan fingerprint density at radius 2 is 2.20 bits per heavy atom. The van der Waals surface area contributed by atoms with Crippen LogP contribution in [0.2, 0.25) is 0 Å². The number of aryl methyl sites for hydroxylation is 1. The number of rotatable bonds is 4. The molecule has 0 fully saturated rings. The number of carbonyl (C=O) groups excluding carboxylic acids is 1. The van der Waals surface area contributed by atoms with E-state index in [0.29, 0.717) is 10.7 Å². The maximum absolute atomic E-state index is 12.6. The van der Waals surface area contributed by atoms with Crippen molar-refractivity contribution in [3.8, 4) is 0 Å². The molecule has 2 N–H and O–H groups in total. The monoisotopic (exact) mass is 295 g/mol. The van der Waals surface area contributed by atoms with Crippen molar-refractivity contribution in [3.63, 3.8) is 0 Å². The largest absolute Gasteiger partial charge is 0.477 e. The number of carboxylic acid groups (broad SMARTS) is 1. The number of carbonyl (C=O) groups is 2. The Kier molecular flexibility index (Phi) is 4.04. The van der Waals surface area contributed by atoms with Crippen LogP contribution in [-0.4, -0.2) is 27.0 Å². The van der Waals surface area contributed by atoms with Crippen molar-refractivity contribution in [3.05, 3.63) is 45.4 Å². The number of nitrogens with one attached hydrogen (secondary N) is 1. The minimum atomic E-state index is -1.04. The van der Waals surface area contributed by atoms with Gasteiger partial charge in [0.1, 0.15) is 9.88 Å². The Hall–Kier alpha value is -2.35. The third-order valence-electron chi connectivity index (χ3n) is 2.42. The summed E-state index contributed by atoms with van der Waals surface area (Å²) in [7, 11) is 0. The van der Waals surface area contributed by atoms with Crippen LogP contribution in [0.15, 0.2) is 18.3 Å². The first-order chi connectivity index (χ1) is 9.47. The minimum Gasteiger partial charge on any atom is -0.477 e. The van der Waals surface area contributed by atoms with Crippen LogP contribution in [0.1, 0.15) is 30.7 Å². The zero-order valence-electron chi connectivity index (χ0n) is 10.4. The van der Waals surface area contributed by atoms with Gasteiger partial charge in [-0.25, -0.2) is 14.8 Å². The Labute approximate surface area is 117 Å². The highest BCUT2D eigenvalue weighted by atomic mass is 32.1. The van der Waals surface area contributed by atoms with Crippen LogP contribution in [0.4, 0.5) is 4.39 Å². The third kappa shape index (κ3) is 3.15. The van der Waals surface area contributed by atoms with E-state index in [1.54, 1.807) is 6.92 Å². The van der Waals surface area contributed by atoms with Gasteiger partial charge in [0.05, 0.1) is 17.8 Å². The van der Waals surface area contributed by atoms with Gasteiger partial charge < -0.3 is 10.4 Å². The van der Waals surface area contributed by atoms with Crippen LogP contribution >= 0.6 is 11.3 Å². The molecule has 0 saturated carbocycles. The second-order valence-corrected chi connectivity index (χ2v) is 4.96. The molecule has 2 heterocycles. The Morgan fingerprint density at radius 3 is 2.75 bits per heavy atom. The van der Waals surface area contributed by atoms with E-state index in [9.17, 15) is 14.0 Å². The number of carboxylic acids is 1. The lowest BCUT2D eigenvalue weighted by Crippen LogP contribution is -2.22. The minimum absolute atomic E-state index is 0.106. The van der Waals surface area contributed by atoms with Gasteiger partial charge in [0.2, 0.25) is 5.95 Å². The van der Waals surface area contributed by atoms with Gasteiger partial charge in [-0.1, -0.05) is 0 Å². The molecule has 0 unspecified atom stereocenters. The average Bonchev–Trinajstić information content (AvgIpc) is 2.78. The van der Waals surface area contributed by atoms with E-state index in [4.69, 9.17) is 5.11 Å². The number of pyridine rings is 1. The third-order valence-corrected chi connectivity index (χ3v) is 3.57. The van der Waals surface area contributed by atoms with E-state index in [1.165, 1.54) is 6.07 Å². The summed E-state index contributed by atoms with van der Waals surface area (Å²) in [6.07, 6.45) is 1.13. The van der Waals surface area contributed by atoms with E-state index in [0.717, 1.165) is 23.6 Å². The SMILES string of the molecule is Cc1nc(CNC(=O)c2ccc(F)nc2)sc1C(=O)O. The fourth-order valence-corrected chi connectivity index (χ4v) is 2.34. The summed E-state index contributed by atoms with van der Waals surface area (Å²) in [5.74, 6) is -2.13. The van der Waals surface area contributed by atoms with Gasteiger partial charge in [0.25, 0.3) is 5.91 Å². The molecule has 0 aliphatic heterocycles. The first-order valence-electron chi connectivity index (χ1n) is 5.56. The zero-order valence-corrected chi connectivity index (χ0v) is 11.2. The van der Waals surface area contributed by atoms with E-state index < -0.39 is 17.8 Å². The lowest BCUT2D eigenvalue weighted by atomic mass is 10.3. The highest BCUT2D eigenvalue weighted by molar-refractivity contribution is 7.13. The number of thiazole rings is 1. The van der Waals surface area contributed by atoms with E-state index >= 15 is 0 Å². The molecule has 0 saturated heterocycles. The molecule has 2 aromatic heterocycles. The van der Waals surface area contributed by atoms with E-state index in [2.05, 4.69) is 15.3 Å². The summed E-state index contributed by atoms with van der Waals surface area (Å²) in [5.41, 5.74) is 0.633. The number of hydrogen-bond acceptors (Lipinski definition) is 5. The molecule has 6 nitrogen and oxygen atoms in total. The number of nitrogens with zero attached hydrogens (tertiary/aromatic N) is 2. The maximum atomic E-state index is 12.6. The quantitative estimate of drug-likeness (QED) is 0.836. The number of halogens is 1. The predicted molar refractivity (Wildman–Crippen MR) is 69.2 cm³/mol. The van der Waals surface area contributed by atoms with Crippen molar-refractivity contribution in [2.75, 3.05) is 0 Å². The Bertz CT molecular complexity index is 654. The van der Waals surface area contributed by atoms with Gasteiger partial charge in [0, 0.05) is 6.20 Å². The molecule has 0 aliphatic rings. The first-order valence-corrected chi connectivity index (χ1v) is 6.38. The normalized spacial score (nSPS) is 10.3. The van der Waals surface area contributed by atoms with Crippen LogP contribution in [-0.2, 0) is 6.54 Å². The smallest absolute Gasteiger partial charge is 0.347 e. The van der Waals surface area contributed by atoms with Crippen molar-refractivity contribution in [1.82, 2.24) is 15.3 Å². The fourth-order valence-electron chi connectivity index (χ4n) is 1.49. The van der Waals surface area contributed by atoms with Gasteiger partial charge in [-0.15, -0.1) is 11.3 Å². The average molecular weight is 295 g/mol. The van der Waals surface area contributed by atoms with E-state index in [1.807, 2.05) is 0 Å². The molecular formula is C12H10FN3O3S. The van der Waals surface area contributed by atoms with Crippen LogP contribution in [0.5, 0.6) is 0 Å². The number of hydrogen-bond donors (Lipinski definition) is 2. The summed E-state index contributed by atoms with van der Waals surface area (Å²) in [5, 5.41) is 12.0. The van der Waals surface area contributed by atoms with Gasteiger partial charge in [-0.2, -0.15) is 4.39 Å². The molecule has 0 aromatic carbocycles. The summed E-state index contributed by atoms with van der Waals surface area (Å²) in [6.45, 7) is 1.70. The van der Waals surface area contributed by atoms with Gasteiger partial charge in [0.15, 0.2) is 0 Å². The van der Waals surface area contributed by atoms with Gasteiger partial charge >= 0.3 is 5.97 Å². The highest BCUT2D eigenvalue weighted by Gasteiger charge is 2.14. The molecule has 8 heteroatoms. The Balaban J connectivity index is 2.01. The van der Waals surface area contributed by atoms with Crippen molar-refractivity contribution < 1.29 is 19.1 Å². The van der Waals surface area contributed by atoms with Crippen LogP contribution < -0.4 is 5.32 Å². The number of aromatic carboxylic acids is 1. The molecule has 20 heavy (non-hydrogen) atoms. The molecule has 2 aromatic rings. The second-order valence-electron chi connectivity index (χ2n) is 3.88. The molecular weight excluding hydrogens is 285 g/mol. The summed E-state index contributed by atoms with van der Waals surface area (Å²) in [6, 6.07) is 2.40. The second kappa shape index (κ2) is 5.74. The van der Waals surface area contributed by atoms with E-state index in [-0.39, 0.29) is 17.0 Å². The fraction of sp³-hybridized carbons (Fsp3) is 0.167. The summed E-state index contributed by atoms with van der Waals surface area (Å²) in [4.78, 5) is 30.2. The molecule has 0 aliphatic carbocycles. The molecule has 0 bridgehead atoms. The van der Waals surface area contributed by atoms with Crippen molar-refractivity contribution in [2.24, 2.45) is 0 Å². The standard InChI is InChI=1S/C12H10FN3O3S/c1-6-10(12(18)19)20-9(16-6)5-15-11(17)7-2-3-8(13)14-4-7/h2-4H,5H2,1H3,(H,15,17)(H,18,19). The van der Waals surface area contributed by atoms with Gasteiger partial charge in [-0.05, 0) is 19.1 Å². The molecule has 0 radical (unpaired) electrons. The molecule has 0 spiro atoms. The number of amides is 1. The molecule has 0 atom stereocenters. The molecule has 1 amide bonds. The lowest BCUT2D eigenvalue weighted by molar-refractivity contribution is 0.0701. The molecule has 2 rings (SSSR count). The zero-order chi connectivity index (χ0) is 14.7. The first kappa shape index (κ1) is 14.1. The lowest BCUT2D eigenvalue weighted by Gasteiger charge is -2.02. The summed E-state index contributed by atoms with van der Waals surface area (Å²) < 4.78 is 12.6. The molecule has 104 valence electrons. The van der Waals surface area contributed by atoms with Crippen molar-refractivity contribution >= 4 is 23.2 Å². The predicted octanol–water partition coefficient (Wildman–Crippen LogP) is 1.61. The van der Waals surface area contributed by atoms with Crippen molar-refractivity contribution in [2.45, 2.75) is 13.5 Å². The van der Waals surface area contributed by atoms with Crippen LogP contribution in [0, 0.1) is 12.9 Å². The number of aromatic nitrogens is 2. The van der Waals surface area contributed by atoms with Gasteiger partial charge in [-0.3, -0.25) is 4.79 Å². The summed E-state index contributed by atoms with van der Waals surface area (Å²) >= 11 is 1.01. The van der Waals surface area contributed by atoms with Crippen molar-refractivity contribution in [1.29, 1.82) is 0 Å². The van der Waals surface area contributed by atoms with Crippen LogP contribution in [0.3, 0.4) is 0 Å². The van der Waals surface area contributed by atoms with Crippen LogP contribution in [0.25, 0.3) is 0 Å². The topological polar surface area (TPSA) is 92.2 Å². The maximum Gasteiger partial charge on any atom is 0.347 e.